The van der Waals surface area contributed by atoms with Gasteiger partial charge in [0, 0.05) is 24.3 Å². The van der Waals surface area contributed by atoms with Gasteiger partial charge >= 0.3 is 0 Å². The molecule has 0 bridgehead atoms. The molecule has 0 amide bonds. The molecule has 0 radical (unpaired) electrons. The van der Waals surface area contributed by atoms with Crippen molar-refractivity contribution < 1.29 is 23.7 Å². The number of benzene rings is 1. The van der Waals surface area contributed by atoms with Crippen LogP contribution in [-0.4, -0.2) is 58.1 Å². The van der Waals surface area contributed by atoms with Crippen molar-refractivity contribution in [2.24, 2.45) is 5.92 Å². The van der Waals surface area contributed by atoms with Gasteiger partial charge < -0.3 is 24.3 Å². The van der Waals surface area contributed by atoms with Gasteiger partial charge in [-0.25, -0.2) is 0 Å². The number of unbranched alkanes of at least 4 members (excludes halogenated alkanes) is 1. The quantitative estimate of drug-likeness (QED) is 0.403. The average Bonchev–Trinajstić information content (AvgIpc) is 2.66. The molecule has 0 saturated carbocycles. The zero-order chi connectivity index (χ0) is 20.6. The van der Waals surface area contributed by atoms with Gasteiger partial charge in [0.1, 0.15) is 12.4 Å². The Kier molecular flexibility index (Phi) is 13.3. The lowest BCUT2D eigenvalue weighted by Gasteiger charge is -2.11. The third-order valence-corrected chi connectivity index (χ3v) is 3.89. The van der Waals surface area contributed by atoms with Crippen molar-refractivity contribution in [1.29, 1.82) is 0 Å². The van der Waals surface area contributed by atoms with Crippen LogP contribution in [0.25, 0.3) is 0 Å². The molecule has 0 aromatic heterocycles. The first-order chi connectivity index (χ1) is 13.5. The predicted octanol–water partition coefficient (Wildman–Crippen LogP) is 3.94. The topological polar surface area (TPSA) is 66.0 Å². The fourth-order valence-corrected chi connectivity index (χ4v) is 2.26. The molecule has 0 atom stereocenters. The lowest BCUT2D eigenvalue weighted by atomic mass is 10.1. The van der Waals surface area contributed by atoms with Crippen LogP contribution < -0.4 is 10.1 Å². The number of Topliss-reactive ketones (excluding diaryl/α,β-unsaturated/α-hetero) is 1. The first-order valence-corrected chi connectivity index (χ1v) is 10.2. The van der Waals surface area contributed by atoms with E-state index in [1.54, 1.807) is 0 Å². The van der Waals surface area contributed by atoms with Crippen LogP contribution in [0.2, 0.25) is 0 Å². The highest BCUT2D eigenvalue weighted by Gasteiger charge is 2.06. The summed E-state index contributed by atoms with van der Waals surface area (Å²) in [5, 5.41) is 3.35. The molecule has 6 nitrogen and oxygen atoms in total. The second-order valence-corrected chi connectivity index (χ2v) is 7.28. The number of ether oxygens (including phenoxy) is 4. The molecule has 0 aliphatic heterocycles. The average molecular weight is 396 g/mol. The van der Waals surface area contributed by atoms with Crippen LogP contribution >= 0.6 is 0 Å². The number of carbonyl (C=O) groups excluding carboxylic acids is 1. The van der Waals surface area contributed by atoms with Crippen molar-refractivity contribution in [3.63, 3.8) is 0 Å². The Morgan fingerprint density at radius 1 is 0.821 bits per heavy atom. The molecule has 0 heterocycles. The van der Waals surface area contributed by atoms with Crippen molar-refractivity contribution in [3.05, 3.63) is 24.3 Å². The summed E-state index contributed by atoms with van der Waals surface area (Å²) in [4.78, 5) is 11.4. The van der Waals surface area contributed by atoms with Gasteiger partial charge in [0.25, 0.3) is 0 Å². The fraction of sp³-hybridized carbons (Fsp3) is 0.682. The van der Waals surface area contributed by atoms with Crippen LogP contribution in [0.1, 0.15) is 40.5 Å². The highest BCUT2D eigenvalue weighted by molar-refractivity contribution is 5.81. The van der Waals surface area contributed by atoms with Crippen LogP contribution in [-0.2, 0) is 19.0 Å². The molecule has 0 saturated heterocycles. The zero-order valence-corrected chi connectivity index (χ0v) is 17.9. The summed E-state index contributed by atoms with van der Waals surface area (Å²) in [5.41, 5.74) is 1.11. The monoisotopic (exact) mass is 395 g/mol. The highest BCUT2D eigenvalue weighted by atomic mass is 16.5. The van der Waals surface area contributed by atoms with Crippen LogP contribution in [0.3, 0.4) is 0 Å². The molecule has 0 spiro atoms. The van der Waals surface area contributed by atoms with Gasteiger partial charge in [-0.2, -0.15) is 0 Å². The Morgan fingerprint density at radius 3 is 2.00 bits per heavy atom. The summed E-state index contributed by atoms with van der Waals surface area (Å²) in [7, 11) is 0. The lowest BCUT2D eigenvalue weighted by Crippen LogP contribution is -2.17. The normalized spacial score (nSPS) is 11.2. The number of ketones is 1. The molecule has 0 aliphatic carbocycles. The molecule has 28 heavy (non-hydrogen) atoms. The Bertz CT molecular complexity index is 516. The molecule has 0 fully saturated rings. The molecule has 0 unspecified atom stereocenters. The second kappa shape index (κ2) is 15.3. The van der Waals surface area contributed by atoms with E-state index in [0.717, 1.165) is 24.3 Å². The highest BCUT2D eigenvalue weighted by Crippen LogP contribution is 2.16. The maximum Gasteiger partial charge on any atom is 0.160 e. The largest absolute Gasteiger partial charge is 0.494 e. The Morgan fingerprint density at radius 2 is 1.39 bits per heavy atom. The summed E-state index contributed by atoms with van der Waals surface area (Å²) in [6.45, 7) is 11.5. The summed E-state index contributed by atoms with van der Waals surface area (Å²) in [5.74, 6) is 1.03. The van der Waals surface area contributed by atoms with E-state index < -0.39 is 0 Å². The SMILES string of the molecule is CC(C)Nc1ccc(OCCCCOCCOCCOCC(=O)C(C)C)cc1. The van der Waals surface area contributed by atoms with Crippen molar-refractivity contribution in [2.75, 3.05) is 51.6 Å². The molecule has 1 N–H and O–H groups in total. The minimum absolute atomic E-state index is 0.0206. The van der Waals surface area contributed by atoms with Crippen LogP contribution in [0, 0.1) is 5.92 Å². The zero-order valence-electron chi connectivity index (χ0n) is 17.9. The number of hydrogen-bond acceptors (Lipinski definition) is 6. The van der Waals surface area contributed by atoms with Crippen molar-refractivity contribution in [3.8, 4) is 5.75 Å². The van der Waals surface area contributed by atoms with Gasteiger partial charge in [0.2, 0.25) is 0 Å². The first-order valence-electron chi connectivity index (χ1n) is 10.2. The lowest BCUT2D eigenvalue weighted by molar-refractivity contribution is -0.127. The Hall–Kier alpha value is -1.63. The second-order valence-electron chi connectivity index (χ2n) is 7.28. The molecule has 6 heteroatoms. The van der Waals surface area contributed by atoms with Gasteiger partial charge in [0.15, 0.2) is 5.78 Å². The molecular formula is C22H37NO5. The van der Waals surface area contributed by atoms with Crippen molar-refractivity contribution in [2.45, 2.75) is 46.6 Å². The smallest absolute Gasteiger partial charge is 0.160 e. The summed E-state index contributed by atoms with van der Waals surface area (Å²) < 4.78 is 21.9. The minimum Gasteiger partial charge on any atom is -0.494 e. The van der Waals surface area contributed by atoms with E-state index in [1.165, 1.54) is 0 Å². The van der Waals surface area contributed by atoms with Crippen molar-refractivity contribution in [1.82, 2.24) is 0 Å². The fourth-order valence-electron chi connectivity index (χ4n) is 2.26. The third-order valence-electron chi connectivity index (χ3n) is 3.89. The number of hydrogen-bond donors (Lipinski definition) is 1. The van der Waals surface area contributed by atoms with E-state index >= 15 is 0 Å². The van der Waals surface area contributed by atoms with Gasteiger partial charge in [-0.3, -0.25) is 4.79 Å². The summed E-state index contributed by atoms with van der Waals surface area (Å²) in [6, 6.07) is 8.46. The first kappa shape index (κ1) is 24.4. The molecule has 160 valence electrons. The summed E-state index contributed by atoms with van der Waals surface area (Å²) in [6.07, 6.45) is 1.90. The van der Waals surface area contributed by atoms with E-state index in [1.807, 2.05) is 38.1 Å². The maximum absolute atomic E-state index is 11.4. The van der Waals surface area contributed by atoms with Crippen molar-refractivity contribution >= 4 is 11.5 Å². The van der Waals surface area contributed by atoms with Gasteiger partial charge in [-0.15, -0.1) is 0 Å². The maximum atomic E-state index is 11.4. The van der Waals surface area contributed by atoms with E-state index in [0.29, 0.717) is 45.7 Å². The van der Waals surface area contributed by atoms with Crippen LogP contribution in [0.4, 0.5) is 5.69 Å². The van der Waals surface area contributed by atoms with E-state index in [2.05, 4.69) is 19.2 Å². The Labute approximate surface area is 169 Å². The number of carbonyl (C=O) groups is 1. The van der Waals surface area contributed by atoms with E-state index in [-0.39, 0.29) is 18.3 Å². The van der Waals surface area contributed by atoms with E-state index in [4.69, 9.17) is 18.9 Å². The molecule has 0 aliphatic rings. The standard InChI is InChI=1S/C22H37NO5/c1-18(2)22(24)17-27-16-15-26-14-13-25-11-5-6-12-28-21-9-7-20(8-10-21)23-19(3)4/h7-10,18-19,23H,5-6,11-17H2,1-4H3. The predicted molar refractivity (Wildman–Crippen MR) is 112 cm³/mol. The molecular weight excluding hydrogens is 358 g/mol. The van der Waals surface area contributed by atoms with E-state index in [9.17, 15) is 4.79 Å². The molecule has 1 rings (SSSR count). The molecule has 1 aromatic carbocycles. The Balaban J connectivity index is 1.87. The summed E-state index contributed by atoms with van der Waals surface area (Å²) >= 11 is 0. The van der Waals surface area contributed by atoms with Crippen LogP contribution in [0.15, 0.2) is 24.3 Å². The molecule has 1 aromatic rings. The van der Waals surface area contributed by atoms with Gasteiger partial charge in [-0.1, -0.05) is 13.8 Å². The number of anilines is 1. The van der Waals surface area contributed by atoms with Gasteiger partial charge in [-0.05, 0) is 51.0 Å². The third kappa shape index (κ3) is 12.7. The number of rotatable bonds is 17. The van der Waals surface area contributed by atoms with Crippen LogP contribution in [0.5, 0.6) is 5.75 Å². The minimum atomic E-state index is 0.0206. The van der Waals surface area contributed by atoms with Gasteiger partial charge in [0.05, 0.1) is 33.0 Å². The number of nitrogens with one attached hydrogen (secondary N) is 1.